The summed E-state index contributed by atoms with van der Waals surface area (Å²) in [5.41, 5.74) is 4.48. The summed E-state index contributed by atoms with van der Waals surface area (Å²) in [7, 11) is 2.96. The summed E-state index contributed by atoms with van der Waals surface area (Å²) < 4.78 is 4.87. The molecule has 0 saturated carbocycles. The molecule has 0 aliphatic rings. The van der Waals surface area contributed by atoms with Gasteiger partial charge in [0.25, 0.3) is 0 Å². The van der Waals surface area contributed by atoms with Crippen molar-refractivity contribution in [3.63, 3.8) is 0 Å². The SMILES string of the molecule is CONc1cccc(C(CCCCCl)C(=O)OC)c1. The van der Waals surface area contributed by atoms with E-state index in [0.717, 1.165) is 30.5 Å². The summed E-state index contributed by atoms with van der Waals surface area (Å²) in [5.74, 6) is 0.134. The Hall–Kier alpha value is -1.26. The maximum absolute atomic E-state index is 11.9. The van der Waals surface area contributed by atoms with E-state index in [9.17, 15) is 4.79 Å². The minimum atomic E-state index is -0.258. The van der Waals surface area contributed by atoms with Crippen molar-refractivity contribution in [3.05, 3.63) is 29.8 Å². The van der Waals surface area contributed by atoms with Gasteiger partial charge in [0, 0.05) is 5.88 Å². The summed E-state index contributed by atoms with van der Waals surface area (Å²) in [6, 6.07) is 7.57. The second-order valence-electron chi connectivity index (χ2n) is 4.19. The molecule has 0 aromatic heterocycles. The van der Waals surface area contributed by atoms with E-state index >= 15 is 0 Å². The Bertz CT molecular complexity index is 398. The molecule has 0 aliphatic heterocycles. The first-order chi connectivity index (χ1) is 9.22. The molecular weight excluding hydrogens is 266 g/mol. The van der Waals surface area contributed by atoms with Crippen LogP contribution in [0.3, 0.4) is 0 Å². The third-order valence-corrected chi connectivity index (χ3v) is 3.14. The lowest BCUT2D eigenvalue weighted by Crippen LogP contribution is -2.14. The quantitative estimate of drug-likeness (QED) is 0.344. The molecule has 0 spiro atoms. The van der Waals surface area contributed by atoms with Crippen molar-refractivity contribution in [1.29, 1.82) is 0 Å². The lowest BCUT2D eigenvalue weighted by Gasteiger charge is -2.16. The van der Waals surface area contributed by atoms with Crippen molar-refractivity contribution in [1.82, 2.24) is 0 Å². The summed E-state index contributed by atoms with van der Waals surface area (Å²) in [6.07, 6.45) is 2.52. The predicted molar refractivity (Wildman–Crippen MR) is 76.4 cm³/mol. The number of alkyl halides is 1. The summed E-state index contributed by atoms with van der Waals surface area (Å²) in [4.78, 5) is 16.7. The van der Waals surface area contributed by atoms with E-state index in [2.05, 4.69) is 5.48 Å². The zero-order valence-electron chi connectivity index (χ0n) is 11.3. The Morgan fingerprint density at radius 3 is 2.79 bits per heavy atom. The minimum Gasteiger partial charge on any atom is -0.469 e. The molecule has 4 nitrogen and oxygen atoms in total. The molecule has 1 aromatic rings. The van der Waals surface area contributed by atoms with E-state index in [1.807, 2.05) is 24.3 Å². The number of anilines is 1. The molecule has 106 valence electrons. The van der Waals surface area contributed by atoms with Crippen LogP contribution in [0.2, 0.25) is 0 Å². The largest absolute Gasteiger partial charge is 0.469 e. The lowest BCUT2D eigenvalue weighted by atomic mass is 9.93. The monoisotopic (exact) mass is 285 g/mol. The predicted octanol–water partition coefficient (Wildman–Crippen LogP) is 3.33. The van der Waals surface area contributed by atoms with E-state index in [-0.39, 0.29) is 11.9 Å². The smallest absolute Gasteiger partial charge is 0.313 e. The summed E-state index contributed by atoms with van der Waals surface area (Å²) in [5, 5.41) is 0. The number of rotatable bonds is 8. The first-order valence-electron chi connectivity index (χ1n) is 6.25. The van der Waals surface area contributed by atoms with Gasteiger partial charge in [0.15, 0.2) is 0 Å². The topological polar surface area (TPSA) is 47.6 Å². The molecule has 19 heavy (non-hydrogen) atoms. The van der Waals surface area contributed by atoms with Crippen molar-refractivity contribution in [2.45, 2.75) is 25.2 Å². The fourth-order valence-electron chi connectivity index (χ4n) is 1.94. The fourth-order valence-corrected chi connectivity index (χ4v) is 2.13. The first-order valence-corrected chi connectivity index (χ1v) is 6.79. The third-order valence-electron chi connectivity index (χ3n) is 2.87. The van der Waals surface area contributed by atoms with Crippen LogP contribution in [0.5, 0.6) is 0 Å². The van der Waals surface area contributed by atoms with E-state index < -0.39 is 0 Å². The van der Waals surface area contributed by atoms with Gasteiger partial charge < -0.3 is 4.74 Å². The molecule has 0 amide bonds. The van der Waals surface area contributed by atoms with E-state index in [1.54, 1.807) is 7.11 Å². The van der Waals surface area contributed by atoms with Gasteiger partial charge in [0.05, 0.1) is 25.8 Å². The number of hydrogen-bond donors (Lipinski definition) is 1. The average molecular weight is 286 g/mol. The fraction of sp³-hybridized carbons (Fsp3) is 0.500. The van der Waals surface area contributed by atoms with Crippen LogP contribution in [-0.2, 0) is 14.4 Å². The Labute approximate surface area is 119 Å². The van der Waals surface area contributed by atoms with Gasteiger partial charge in [-0.15, -0.1) is 11.6 Å². The third kappa shape index (κ3) is 5.09. The molecule has 1 aromatic carbocycles. The van der Waals surface area contributed by atoms with Crippen LogP contribution in [0.1, 0.15) is 30.7 Å². The number of benzene rings is 1. The van der Waals surface area contributed by atoms with Gasteiger partial charge in [0.2, 0.25) is 0 Å². The number of nitrogens with one attached hydrogen (secondary N) is 1. The van der Waals surface area contributed by atoms with Gasteiger partial charge >= 0.3 is 5.97 Å². The van der Waals surface area contributed by atoms with E-state index in [0.29, 0.717) is 5.88 Å². The Morgan fingerprint density at radius 2 is 2.16 bits per heavy atom. The van der Waals surface area contributed by atoms with Crippen molar-refractivity contribution in [2.24, 2.45) is 0 Å². The van der Waals surface area contributed by atoms with Crippen LogP contribution < -0.4 is 5.48 Å². The number of methoxy groups -OCH3 is 1. The number of halogens is 1. The summed E-state index contributed by atoms with van der Waals surface area (Å²) in [6.45, 7) is 0. The highest BCUT2D eigenvalue weighted by molar-refractivity contribution is 6.17. The highest BCUT2D eigenvalue weighted by Gasteiger charge is 2.21. The Morgan fingerprint density at radius 1 is 1.37 bits per heavy atom. The van der Waals surface area contributed by atoms with E-state index in [1.165, 1.54) is 7.11 Å². The van der Waals surface area contributed by atoms with Gasteiger partial charge in [-0.05, 0) is 30.5 Å². The summed E-state index contributed by atoms with van der Waals surface area (Å²) >= 11 is 5.67. The van der Waals surface area contributed by atoms with Crippen molar-refractivity contribution in [3.8, 4) is 0 Å². The molecule has 0 radical (unpaired) electrons. The highest BCUT2D eigenvalue weighted by Crippen LogP contribution is 2.26. The van der Waals surface area contributed by atoms with Gasteiger partial charge in [0.1, 0.15) is 0 Å². The molecule has 0 heterocycles. The van der Waals surface area contributed by atoms with Crippen LogP contribution in [0.15, 0.2) is 24.3 Å². The first kappa shape index (κ1) is 15.8. The van der Waals surface area contributed by atoms with Crippen molar-refractivity contribution >= 4 is 23.3 Å². The average Bonchev–Trinajstić information content (AvgIpc) is 2.43. The van der Waals surface area contributed by atoms with Gasteiger partial charge in [-0.2, -0.15) is 0 Å². The second-order valence-corrected chi connectivity index (χ2v) is 4.57. The van der Waals surface area contributed by atoms with Gasteiger partial charge in [-0.1, -0.05) is 18.6 Å². The number of carbonyl (C=O) groups is 1. The van der Waals surface area contributed by atoms with Gasteiger partial charge in [-0.3, -0.25) is 15.1 Å². The molecule has 1 N–H and O–H groups in total. The molecular formula is C14H20ClNO3. The molecule has 1 rings (SSSR count). The van der Waals surface area contributed by atoms with Crippen LogP contribution in [0.25, 0.3) is 0 Å². The minimum absolute atomic E-state index is 0.218. The van der Waals surface area contributed by atoms with Crippen LogP contribution in [0.4, 0.5) is 5.69 Å². The normalized spacial score (nSPS) is 11.9. The lowest BCUT2D eigenvalue weighted by molar-refractivity contribution is -0.142. The molecule has 1 unspecified atom stereocenters. The zero-order chi connectivity index (χ0) is 14.1. The zero-order valence-corrected chi connectivity index (χ0v) is 12.1. The van der Waals surface area contributed by atoms with E-state index in [4.69, 9.17) is 21.2 Å². The number of carbonyl (C=O) groups excluding carboxylic acids is 1. The maximum atomic E-state index is 11.9. The molecule has 0 fully saturated rings. The van der Waals surface area contributed by atoms with Gasteiger partial charge in [-0.25, -0.2) is 0 Å². The number of unbranched alkanes of at least 4 members (excludes halogenated alkanes) is 1. The van der Waals surface area contributed by atoms with Crippen molar-refractivity contribution < 1.29 is 14.4 Å². The Kier molecular flexibility index (Phi) is 7.30. The standard InChI is InChI=1S/C14H20ClNO3/c1-18-14(17)13(8-3-4-9-15)11-6-5-7-12(10-11)16-19-2/h5-7,10,13,16H,3-4,8-9H2,1-2H3. The molecule has 1 atom stereocenters. The molecule has 0 aliphatic carbocycles. The second kappa shape index (κ2) is 8.77. The number of ether oxygens (including phenoxy) is 1. The Balaban J connectivity index is 2.83. The van der Waals surface area contributed by atoms with Crippen LogP contribution >= 0.6 is 11.6 Å². The highest BCUT2D eigenvalue weighted by atomic mass is 35.5. The molecule has 0 saturated heterocycles. The van der Waals surface area contributed by atoms with Crippen molar-refractivity contribution in [2.75, 3.05) is 25.6 Å². The van der Waals surface area contributed by atoms with Crippen LogP contribution in [-0.4, -0.2) is 26.1 Å². The maximum Gasteiger partial charge on any atom is 0.313 e. The molecule has 0 bridgehead atoms. The van der Waals surface area contributed by atoms with Crippen LogP contribution in [0, 0.1) is 0 Å². The molecule has 5 heteroatoms. The number of esters is 1. The number of hydrogen-bond acceptors (Lipinski definition) is 4.